The Morgan fingerprint density at radius 1 is 1.32 bits per heavy atom. The van der Waals surface area contributed by atoms with Crippen LogP contribution in [0.15, 0.2) is 12.1 Å². The Hall–Kier alpha value is -1.86. The van der Waals surface area contributed by atoms with Gasteiger partial charge < -0.3 is 16.5 Å². The number of hydrogen-bond donors (Lipinski definition) is 4. The summed E-state index contributed by atoms with van der Waals surface area (Å²) in [5.41, 5.74) is 7.45. The van der Waals surface area contributed by atoms with Crippen LogP contribution in [0.25, 0.3) is 0 Å². The van der Waals surface area contributed by atoms with Gasteiger partial charge in [0.15, 0.2) is 0 Å². The van der Waals surface area contributed by atoms with Crippen LogP contribution in [0.5, 0.6) is 0 Å². The predicted molar refractivity (Wildman–Crippen MR) is 72.4 cm³/mol. The Morgan fingerprint density at radius 2 is 2.05 bits per heavy atom. The molecule has 0 radical (unpaired) electrons. The van der Waals surface area contributed by atoms with Gasteiger partial charge in [-0.1, -0.05) is 11.6 Å². The first-order valence-electron chi connectivity index (χ1n) is 5.74. The SMILES string of the molecule is NNc1ccc(Cl)c(C(=O)NCCCCC(N)=O)n1. The number of rotatable bonds is 7. The van der Waals surface area contributed by atoms with Crippen LogP contribution in [0.3, 0.4) is 0 Å². The van der Waals surface area contributed by atoms with Gasteiger partial charge in [0.05, 0.1) is 5.02 Å². The first kappa shape index (κ1) is 15.2. The number of nitrogens with one attached hydrogen (secondary N) is 2. The van der Waals surface area contributed by atoms with Gasteiger partial charge >= 0.3 is 0 Å². The standard InChI is InChI=1S/C11H16ClN5O2/c12-7-4-5-9(17-14)16-10(7)11(19)15-6-2-1-3-8(13)18/h4-5H,1-3,6,14H2,(H2,13,18)(H,15,19)(H,16,17). The molecule has 1 rings (SSSR count). The number of primary amides is 1. The summed E-state index contributed by atoms with van der Waals surface area (Å²) >= 11 is 5.88. The molecule has 19 heavy (non-hydrogen) atoms. The zero-order valence-electron chi connectivity index (χ0n) is 10.3. The molecule has 2 amide bonds. The molecule has 104 valence electrons. The van der Waals surface area contributed by atoms with Crippen molar-refractivity contribution < 1.29 is 9.59 Å². The molecule has 0 bridgehead atoms. The molecule has 0 atom stereocenters. The molecule has 0 aliphatic rings. The summed E-state index contributed by atoms with van der Waals surface area (Å²) in [6.45, 7) is 0.421. The third-order valence-corrected chi connectivity index (χ3v) is 2.65. The van der Waals surface area contributed by atoms with Crippen LogP contribution in [-0.4, -0.2) is 23.3 Å². The number of nitrogen functional groups attached to an aromatic ring is 1. The number of anilines is 1. The van der Waals surface area contributed by atoms with Crippen molar-refractivity contribution in [3.05, 3.63) is 22.8 Å². The molecular formula is C11H16ClN5O2. The minimum atomic E-state index is -0.388. The van der Waals surface area contributed by atoms with Gasteiger partial charge in [0, 0.05) is 13.0 Å². The first-order chi connectivity index (χ1) is 9.04. The Morgan fingerprint density at radius 3 is 2.68 bits per heavy atom. The molecule has 8 heteroatoms. The average Bonchev–Trinajstić information content (AvgIpc) is 2.38. The van der Waals surface area contributed by atoms with Gasteiger partial charge in [0.1, 0.15) is 11.5 Å². The molecule has 6 N–H and O–H groups in total. The smallest absolute Gasteiger partial charge is 0.271 e. The number of pyridine rings is 1. The van der Waals surface area contributed by atoms with Crippen molar-refractivity contribution >= 4 is 29.2 Å². The second-order valence-electron chi connectivity index (χ2n) is 3.85. The number of carbonyl (C=O) groups is 2. The molecular weight excluding hydrogens is 270 g/mol. The predicted octanol–water partition coefficient (Wildman–Crippen LogP) is 0.406. The zero-order chi connectivity index (χ0) is 14.3. The van der Waals surface area contributed by atoms with E-state index in [4.69, 9.17) is 23.2 Å². The molecule has 7 nitrogen and oxygen atoms in total. The highest BCUT2D eigenvalue weighted by Gasteiger charge is 2.12. The largest absolute Gasteiger partial charge is 0.370 e. The maximum absolute atomic E-state index is 11.8. The lowest BCUT2D eigenvalue weighted by Gasteiger charge is -2.07. The number of aromatic nitrogens is 1. The number of unbranched alkanes of at least 4 members (excludes halogenated alkanes) is 1. The van der Waals surface area contributed by atoms with E-state index < -0.39 is 0 Å². The van der Waals surface area contributed by atoms with Gasteiger partial charge in [-0.2, -0.15) is 0 Å². The summed E-state index contributed by atoms with van der Waals surface area (Å²) in [5.74, 6) is 4.82. The first-order valence-corrected chi connectivity index (χ1v) is 6.12. The Labute approximate surface area is 115 Å². The molecule has 1 aromatic rings. The van der Waals surface area contributed by atoms with Gasteiger partial charge in [-0.3, -0.25) is 9.59 Å². The van der Waals surface area contributed by atoms with Crippen molar-refractivity contribution in [2.75, 3.05) is 12.0 Å². The number of carbonyl (C=O) groups excluding carboxylic acids is 2. The number of nitrogens with zero attached hydrogens (tertiary/aromatic N) is 1. The van der Waals surface area contributed by atoms with E-state index in [2.05, 4.69) is 15.7 Å². The number of halogens is 1. The van der Waals surface area contributed by atoms with E-state index in [9.17, 15) is 9.59 Å². The van der Waals surface area contributed by atoms with E-state index in [-0.39, 0.29) is 22.5 Å². The fourth-order valence-electron chi connectivity index (χ4n) is 1.39. The van der Waals surface area contributed by atoms with E-state index in [0.29, 0.717) is 31.6 Å². The van der Waals surface area contributed by atoms with Crippen LogP contribution in [-0.2, 0) is 4.79 Å². The van der Waals surface area contributed by atoms with Crippen LogP contribution in [0, 0.1) is 0 Å². The molecule has 0 unspecified atom stereocenters. The molecule has 0 aliphatic carbocycles. The van der Waals surface area contributed by atoms with Crippen LogP contribution >= 0.6 is 11.6 Å². The van der Waals surface area contributed by atoms with Crippen molar-refractivity contribution in [2.24, 2.45) is 11.6 Å². The van der Waals surface area contributed by atoms with Crippen molar-refractivity contribution in [3.8, 4) is 0 Å². The molecule has 1 aromatic heterocycles. The molecule has 0 saturated carbocycles. The van der Waals surface area contributed by atoms with Gasteiger partial charge in [-0.05, 0) is 25.0 Å². The Kier molecular flexibility index (Phi) is 6.04. The molecule has 0 aliphatic heterocycles. The second kappa shape index (κ2) is 7.55. The van der Waals surface area contributed by atoms with Crippen LogP contribution < -0.4 is 22.3 Å². The maximum atomic E-state index is 11.8. The average molecular weight is 286 g/mol. The fourth-order valence-corrected chi connectivity index (χ4v) is 1.58. The lowest BCUT2D eigenvalue weighted by atomic mass is 10.2. The van der Waals surface area contributed by atoms with Gasteiger partial charge in [0.2, 0.25) is 5.91 Å². The normalized spacial score (nSPS) is 10.0. The van der Waals surface area contributed by atoms with Crippen molar-refractivity contribution in [1.29, 1.82) is 0 Å². The van der Waals surface area contributed by atoms with Crippen molar-refractivity contribution in [3.63, 3.8) is 0 Å². The summed E-state index contributed by atoms with van der Waals surface area (Å²) in [5, 5.41) is 2.90. The second-order valence-corrected chi connectivity index (χ2v) is 4.26. The van der Waals surface area contributed by atoms with E-state index >= 15 is 0 Å². The maximum Gasteiger partial charge on any atom is 0.271 e. The number of amides is 2. The topological polar surface area (TPSA) is 123 Å². The summed E-state index contributed by atoms with van der Waals surface area (Å²) < 4.78 is 0. The number of hydrazine groups is 1. The highest BCUT2D eigenvalue weighted by Crippen LogP contribution is 2.16. The third-order valence-electron chi connectivity index (χ3n) is 2.34. The van der Waals surface area contributed by atoms with Gasteiger partial charge in [-0.15, -0.1) is 0 Å². The van der Waals surface area contributed by atoms with Crippen molar-refractivity contribution in [1.82, 2.24) is 10.3 Å². The molecule has 0 fully saturated rings. The zero-order valence-corrected chi connectivity index (χ0v) is 11.0. The lowest BCUT2D eigenvalue weighted by molar-refractivity contribution is -0.118. The summed E-state index contributed by atoms with van der Waals surface area (Å²) in [7, 11) is 0. The molecule has 0 saturated heterocycles. The molecule has 0 aromatic carbocycles. The molecule has 1 heterocycles. The number of nitrogens with two attached hydrogens (primary N) is 2. The third kappa shape index (κ3) is 5.11. The fraction of sp³-hybridized carbons (Fsp3) is 0.364. The summed E-state index contributed by atoms with van der Waals surface area (Å²) in [6, 6.07) is 3.09. The van der Waals surface area contributed by atoms with E-state index in [0.717, 1.165) is 0 Å². The highest BCUT2D eigenvalue weighted by atomic mass is 35.5. The quantitative estimate of drug-likeness (QED) is 0.328. The van der Waals surface area contributed by atoms with Crippen LogP contribution in [0.2, 0.25) is 5.02 Å². The van der Waals surface area contributed by atoms with Crippen LogP contribution in [0.4, 0.5) is 5.82 Å². The highest BCUT2D eigenvalue weighted by molar-refractivity contribution is 6.33. The van der Waals surface area contributed by atoms with E-state index in [1.807, 2.05) is 0 Å². The lowest BCUT2D eigenvalue weighted by Crippen LogP contribution is -2.26. The summed E-state index contributed by atoms with van der Waals surface area (Å²) in [6.07, 6.45) is 1.59. The Bertz CT molecular complexity index is 466. The van der Waals surface area contributed by atoms with Crippen LogP contribution in [0.1, 0.15) is 29.8 Å². The van der Waals surface area contributed by atoms with Gasteiger partial charge in [-0.25, -0.2) is 10.8 Å². The van der Waals surface area contributed by atoms with E-state index in [1.54, 1.807) is 6.07 Å². The van der Waals surface area contributed by atoms with E-state index in [1.165, 1.54) is 6.07 Å². The minimum absolute atomic E-state index is 0.104. The monoisotopic (exact) mass is 285 g/mol. The van der Waals surface area contributed by atoms with Gasteiger partial charge in [0.25, 0.3) is 5.91 Å². The molecule has 0 spiro atoms. The number of hydrogen-bond acceptors (Lipinski definition) is 5. The minimum Gasteiger partial charge on any atom is -0.370 e. The van der Waals surface area contributed by atoms with Crippen molar-refractivity contribution in [2.45, 2.75) is 19.3 Å². The Balaban J connectivity index is 2.47. The summed E-state index contributed by atoms with van der Waals surface area (Å²) in [4.78, 5) is 26.3.